The molecule has 0 unspecified atom stereocenters. The zero-order valence-corrected chi connectivity index (χ0v) is 9.04. The van der Waals surface area contributed by atoms with Gasteiger partial charge in [-0.1, -0.05) is 16.8 Å². The molecule has 0 radical (unpaired) electrons. The lowest BCUT2D eigenvalue weighted by atomic mass is 10.2. The summed E-state index contributed by atoms with van der Waals surface area (Å²) < 4.78 is 5.07. The highest BCUT2D eigenvalue weighted by Gasteiger charge is 2.12. The Hall–Kier alpha value is -1.62. The van der Waals surface area contributed by atoms with Gasteiger partial charge < -0.3 is 10.3 Å². The average Bonchev–Trinajstić information content (AvgIpc) is 2.46. The van der Waals surface area contributed by atoms with Crippen LogP contribution in [0, 0.1) is 6.92 Å². The summed E-state index contributed by atoms with van der Waals surface area (Å²) in [7, 11) is 0. The van der Waals surface area contributed by atoms with Gasteiger partial charge in [0.05, 0.1) is 16.9 Å². The largest absolute Gasteiger partial charge is 0.387 e. The van der Waals surface area contributed by atoms with E-state index in [9.17, 15) is 0 Å². The minimum absolute atomic E-state index is 0.304. The van der Waals surface area contributed by atoms with Crippen LogP contribution in [0.25, 0.3) is 11.0 Å². The van der Waals surface area contributed by atoms with E-state index in [1.54, 1.807) is 13.0 Å². The van der Waals surface area contributed by atoms with Gasteiger partial charge in [0.1, 0.15) is 5.15 Å². The molecular weight excluding hydrogens is 216 g/mol. The van der Waals surface area contributed by atoms with Crippen LogP contribution in [0.15, 0.2) is 15.6 Å². The van der Waals surface area contributed by atoms with Crippen molar-refractivity contribution in [1.29, 1.82) is 0 Å². The second kappa shape index (κ2) is 3.51. The molecule has 0 spiro atoms. The third kappa shape index (κ3) is 1.78. The third-order valence-corrected chi connectivity index (χ3v) is 2.05. The quantitative estimate of drug-likeness (QED) is 0.458. The standard InChI is InChI=1S/C9H9ClN4O/c1-4-8-6(15-14-4)3-7(10)13-9(8)12-5(2)11/h3H,1-2H3,(H2,11,12,13). The SMILES string of the molecule is C/C(N)=N/c1nc(Cl)cc2onc(C)c12. The highest BCUT2D eigenvalue weighted by atomic mass is 35.5. The fourth-order valence-corrected chi connectivity index (χ4v) is 1.48. The number of halogens is 1. The van der Waals surface area contributed by atoms with E-state index >= 15 is 0 Å². The van der Waals surface area contributed by atoms with Gasteiger partial charge in [0.25, 0.3) is 0 Å². The average molecular weight is 225 g/mol. The first kappa shape index (κ1) is 9.92. The molecule has 0 aromatic carbocycles. The summed E-state index contributed by atoms with van der Waals surface area (Å²) in [5, 5.41) is 4.87. The molecule has 2 aromatic heterocycles. The molecule has 0 aliphatic heterocycles. The number of aromatic nitrogens is 2. The predicted molar refractivity (Wildman–Crippen MR) is 58.5 cm³/mol. The number of rotatable bonds is 1. The zero-order chi connectivity index (χ0) is 11.0. The van der Waals surface area contributed by atoms with Crippen LogP contribution < -0.4 is 5.73 Å². The van der Waals surface area contributed by atoms with Crippen molar-refractivity contribution in [3.05, 3.63) is 16.9 Å². The van der Waals surface area contributed by atoms with E-state index < -0.39 is 0 Å². The molecule has 0 aliphatic carbocycles. The van der Waals surface area contributed by atoms with E-state index in [1.807, 2.05) is 6.92 Å². The van der Waals surface area contributed by atoms with Crippen LogP contribution in [0.5, 0.6) is 0 Å². The number of aliphatic imine (C=N–C) groups is 1. The normalized spacial score (nSPS) is 12.3. The van der Waals surface area contributed by atoms with Crippen LogP contribution in [0.2, 0.25) is 5.15 Å². The van der Waals surface area contributed by atoms with E-state index in [4.69, 9.17) is 21.9 Å². The van der Waals surface area contributed by atoms with Gasteiger partial charge in [0.15, 0.2) is 11.4 Å². The van der Waals surface area contributed by atoms with Crippen LogP contribution in [0.3, 0.4) is 0 Å². The van der Waals surface area contributed by atoms with Gasteiger partial charge in [-0.15, -0.1) is 0 Å². The van der Waals surface area contributed by atoms with Crippen molar-refractivity contribution >= 4 is 34.2 Å². The second-order valence-electron chi connectivity index (χ2n) is 3.16. The van der Waals surface area contributed by atoms with Crippen LogP contribution in [0.4, 0.5) is 5.82 Å². The van der Waals surface area contributed by atoms with Gasteiger partial charge in [-0.05, 0) is 13.8 Å². The molecule has 0 fully saturated rings. The molecule has 2 heterocycles. The van der Waals surface area contributed by atoms with Crippen molar-refractivity contribution in [3.8, 4) is 0 Å². The summed E-state index contributed by atoms with van der Waals surface area (Å²) in [6, 6.07) is 1.60. The number of nitrogens with zero attached hydrogens (tertiary/aromatic N) is 3. The molecule has 15 heavy (non-hydrogen) atoms. The van der Waals surface area contributed by atoms with Crippen molar-refractivity contribution in [3.63, 3.8) is 0 Å². The smallest absolute Gasteiger partial charge is 0.174 e. The Morgan fingerprint density at radius 1 is 1.60 bits per heavy atom. The van der Waals surface area contributed by atoms with Crippen molar-refractivity contribution in [2.75, 3.05) is 0 Å². The number of hydrogen-bond acceptors (Lipinski definition) is 4. The molecule has 2 N–H and O–H groups in total. The number of nitrogens with two attached hydrogens (primary N) is 1. The minimum Gasteiger partial charge on any atom is -0.387 e. The fourth-order valence-electron chi connectivity index (χ4n) is 1.30. The summed E-state index contributed by atoms with van der Waals surface area (Å²) >= 11 is 5.81. The fraction of sp³-hybridized carbons (Fsp3) is 0.222. The van der Waals surface area contributed by atoms with Crippen LogP contribution in [-0.4, -0.2) is 16.0 Å². The zero-order valence-electron chi connectivity index (χ0n) is 8.28. The van der Waals surface area contributed by atoms with Gasteiger partial charge in [0, 0.05) is 6.07 Å². The minimum atomic E-state index is 0.304. The van der Waals surface area contributed by atoms with E-state index in [1.165, 1.54) is 0 Å². The summed E-state index contributed by atoms with van der Waals surface area (Å²) in [6.45, 7) is 3.49. The lowest BCUT2D eigenvalue weighted by molar-refractivity contribution is 0.450. The van der Waals surface area contributed by atoms with Crippen LogP contribution >= 0.6 is 11.6 Å². The Labute approximate surface area is 90.9 Å². The van der Waals surface area contributed by atoms with Gasteiger partial charge in [0.2, 0.25) is 0 Å². The molecule has 0 aliphatic rings. The van der Waals surface area contributed by atoms with Gasteiger partial charge in [-0.25, -0.2) is 9.98 Å². The highest BCUT2D eigenvalue weighted by Crippen LogP contribution is 2.29. The first-order valence-electron chi connectivity index (χ1n) is 4.31. The lowest BCUT2D eigenvalue weighted by Gasteiger charge is -1.97. The van der Waals surface area contributed by atoms with Crippen molar-refractivity contribution < 1.29 is 4.52 Å². The number of amidine groups is 1. The number of fused-ring (bicyclic) bond motifs is 1. The third-order valence-electron chi connectivity index (χ3n) is 1.86. The van der Waals surface area contributed by atoms with Gasteiger partial charge >= 0.3 is 0 Å². The maximum Gasteiger partial charge on any atom is 0.174 e. The second-order valence-corrected chi connectivity index (χ2v) is 3.55. The molecule has 0 saturated carbocycles. The van der Waals surface area contributed by atoms with Crippen LogP contribution in [-0.2, 0) is 0 Å². The predicted octanol–water partition coefficient (Wildman–Crippen LogP) is 2.19. The molecule has 78 valence electrons. The Morgan fingerprint density at radius 3 is 3.00 bits per heavy atom. The lowest BCUT2D eigenvalue weighted by Crippen LogP contribution is -2.04. The van der Waals surface area contributed by atoms with Crippen molar-refractivity contribution in [2.24, 2.45) is 10.7 Å². The monoisotopic (exact) mass is 224 g/mol. The molecule has 6 heteroatoms. The van der Waals surface area contributed by atoms with Crippen molar-refractivity contribution in [1.82, 2.24) is 10.1 Å². The van der Waals surface area contributed by atoms with E-state index in [0.29, 0.717) is 28.1 Å². The number of pyridine rings is 1. The molecule has 2 rings (SSSR count). The molecular formula is C9H9ClN4O. The van der Waals surface area contributed by atoms with E-state index in [-0.39, 0.29) is 0 Å². The summed E-state index contributed by atoms with van der Waals surface area (Å²) in [4.78, 5) is 8.15. The Bertz CT molecular complexity index is 542. The van der Waals surface area contributed by atoms with Crippen LogP contribution in [0.1, 0.15) is 12.6 Å². The van der Waals surface area contributed by atoms with Gasteiger partial charge in [-0.2, -0.15) is 0 Å². The maximum absolute atomic E-state index is 5.81. The Kier molecular flexibility index (Phi) is 2.32. The number of hydrogen-bond donors (Lipinski definition) is 1. The molecule has 2 aromatic rings. The molecule has 0 amide bonds. The maximum atomic E-state index is 5.81. The first-order chi connectivity index (χ1) is 7.08. The van der Waals surface area contributed by atoms with E-state index in [0.717, 1.165) is 5.39 Å². The topological polar surface area (TPSA) is 77.3 Å². The molecule has 0 bridgehead atoms. The summed E-state index contributed by atoms with van der Waals surface area (Å²) in [5.41, 5.74) is 6.78. The number of aryl methyl sites for hydroxylation is 1. The molecule has 5 nitrogen and oxygen atoms in total. The molecule has 0 saturated heterocycles. The summed E-state index contributed by atoms with van der Waals surface area (Å²) in [5.74, 6) is 0.850. The summed E-state index contributed by atoms with van der Waals surface area (Å²) in [6.07, 6.45) is 0. The van der Waals surface area contributed by atoms with Crippen molar-refractivity contribution in [2.45, 2.75) is 13.8 Å². The highest BCUT2D eigenvalue weighted by molar-refractivity contribution is 6.30. The van der Waals surface area contributed by atoms with Gasteiger partial charge in [-0.3, -0.25) is 0 Å². The Balaban J connectivity index is 2.80. The first-order valence-corrected chi connectivity index (χ1v) is 4.69. The molecule has 0 atom stereocenters. The Morgan fingerprint density at radius 2 is 2.33 bits per heavy atom. The van der Waals surface area contributed by atoms with E-state index in [2.05, 4.69) is 15.1 Å².